The molecule has 0 fully saturated rings. The average molecular weight is 291 g/mol. The van der Waals surface area contributed by atoms with Crippen LogP contribution in [0.15, 0.2) is 12.1 Å². The van der Waals surface area contributed by atoms with Crippen molar-refractivity contribution in [2.45, 2.75) is 20.4 Å². The minimum Gasteiger partial charge on any atom is -0.360 e. The summed E-state index contributed by atoms with van der Waals surface area (Å²) < 4.78 is 1.77. The molecule has 0 atom stereocenters. The third kappa shape index (κ3) is 2.92. The van der Waals surface area contributed by atoms with Gasteiger partial charge in [-0.15, -0.1) is 0 Å². The van der Waals surface area contributed by atoms with E-state index in [1.165, 1.54) is 12.1 Å². The second-order valence-corrected chi connectivity index (χ2v) is 4.59. The van der Waals surface area contributed by atoms with Crippen molar-refractivity contribution in [2.24, 2.45) is 12.9 Å². The van der Waals surface area contributed by atoms with Gasteiger partial charge in [0.2, 0.25) is 5.82 Å². The van der Waals surface area contributed by atoms with Crippen LogP contribution in [0.2, 0.25) is 0 Å². The lowest BCUT2D eigenvalue weighted by molar-refractivity contribution is -0.384. The number of nitrogens with one attached hydrogen (secondary N) is 2. The first-order chi connectivity index (χ1) is 9.93. The smallest absolute Gasteiger partial charge is 0.311 e. The normalized spacial score (nSPS) is 10.5. The first kappa shape index (κ1) is 14.7. The number of aryl methyl sites for hydroxylation is 2. The standard InChI is InChI=1S/C12H17N7O2/c1-7-9(8(2)18(3)17-7)6-14-12-10(19(20)21)4-5-11(15-12)16-13/h4-5H,6,13H2,1-3H3,(H2,14,15,16). The third-order valence-electron chi connectivity index (χ3n) is 3.31. The lowest BCUT2D eigenvalue weighted by Crippen LogP contribution is -2.11. The molecule has 0 radical (unpaired) electrons. The fourth-order valence-electron chi connectivity index (χ4n) is 2.06. The van der Waals surface area contributed by atoms with Crippen molar-refractivity contribution in [1.29, 1.82) is 0 Å². The van der Waals surface area contributed by atoms with E-state index in [0.717, 1.165) is 17.0 Å². The molecule has 9 heteroatoms. The Balaban J connectivity index is 2.28. The van der Waals surface area contributed by atoms with E-state index in [-0.39, 0.29) is 11.5 Å². The molecule has 0 amide bonds. The Morgan fingerprint density at radius 3 is 2.67 bits per heavy atom. The molecule has 0 bridgehead atoms. The average Bonchev–Trinajstić information content (AvgIpc) is 2.69. The van der Waals surface area contributed by atoms with E-state index in [2.05, 4.69) is 20.8 Å². The molecule has 112 valence electrons. The highest BCUT2D eigenvalue weighted by molar-refractivity contribution is 5.60. The van der Waals surface area contributed by atoms with Crippen LogP contribution < -0.4 is 16.6 Å². The van der Waals surface area contributed by atoms with Crippen LogP contribution in [-0.2, 0) is 13.6 Å². The van der Waals surface area contributed by atoms with Crippen LogP contribution in [0.4, 0.5) is 17.3 Å². The number of hydrogen-bond donors (Lipinski definition) is 3. The number of aromatic nitrogens is 3. The Labute approximate surface area is 121 Å². The number of pyridine rings is 1. The molecule has 0 aromatic carbocycles. The largest absolute Gasteiger partial charge is 0.360 e. The van der Waals surface area contributed by atoms with Crippen molar-refractivity contribution in [3.05, 3.63) is 39.2 Å². The molecule has 2 aromatic heterocycles. The van der Waals surface area contributed by atoms with Gasteiger partial charge in [0.05, 0.1) is 10.6 Å². The summed E-state index contributed by atoms with van der Waals surface area (Å²) in [4.78, 5) is 14.6. The topological polar surface area (TPSA) is 124 Å². The molecule has 0 aliphatic rings. The van der Waals surface area contributed by atoms with E-state index >= 15 is 0 Å². The van der Waals surface area contributed by atoms with Gasteiger partial charge in [-0.3, -0.25) is 14.8 Å². The quantitative estimate of drug-likeness (QED) is 0.430. The number of rotatable bonds is 5. The maximum atomic E-state index is 11.0. The predicted octanol–water partition coefficient (Wildman–Crippen LogP) is 1.24. The predicted molar refractivity (Wildman–Crippen MR) is 78.7 cm³/mol. The molecule has 2 aromatic rings. The second-order valence-electron chi connectivity index (χ2n) is 4.59. The molecular formula is C12H17N7O2. The number of nitro groups is 1. The van der Waals surface area contributed by atoms with Crippen LogP contribution in [0.1, 0.15) is 17.0 Å². The Morgan fingerprint density at radius 1 is 1.43 bits per heavy atom. The summed E-state index contributed by atoms with van der Waals surface area (Å²) in [6.45, 7) is 4.23. The highest BCUT2D eigenvalue weighted by atomic mass is 16.6. The van der Waals surface area contributed by atoms with Crippen molar-refractivity contribution in [3.63, 3.8) is 0 Å². The van der Waals surface area contributed by atoms with Gasteiger partial charge in [0.15, 0.2) is 0 Å². The van der Waals surface area contributed by atoms with Crippen molar-refractivity contribution in [1.82, 2.24) is 14.8 Å². The van der Waals surface area contributed by atoms with Gasteiger partial charge in [-0.25, -0.2) is 10.8 Å². The van der Waals surface area contributed by atoms with Crippen molar-refractivity contribution in [3.8, 4) is 0 Å². The summed E-state index contributed by atoms with van der Waals surface area (Å²) in [6, 6.07) is 2.80. The number of hydrogen-bond acceptors (Lipinski definition) is 7. The molecule has 0 unspecified atom stereocenters. The van der Waals surface area contributed by atoms with Gasteiger partial charge in [-0.1, -0.05) is 0 Å². The van der Waals surface area contributed by atoms with Gasteiger partial charge in [0.25, 0.3) is 0 Å². The van der Waals surface area contributed by atoms with Crippen LogP contribution in [-0.4, -0.2) is 19.7 Å². The maximum absolute atomic E-state index is 11.0. The molecule has 0 aliphatic carbocycles. The molecule has 9 nitrogen and oxygen atoms in total. The highest BCUT2D eigenvalue weighted by Gasteiger charge is 2.17. The van der Waals surface area contributed by atoms with Crippen molar-refractivity contribution in [2.75, 3.05) is 10.7 Å². The molecule has 0 aliphatic heterocycles. The minimum absolute atomic E-state index is 0.104. The van der Waals surface area contributed by atoms with Gasteiger partial charge < -0.3 is 10.7 Å². The van der Waals surface area contributed by atoms with Gasteiger partial charge in [-0.05, 0) is 19.9 Å². The van der Waals surface area contributed by atoms with Crippen LogP contribution in [0, 0.1) is 24.0 Å². The molecular weight excluding hydrogens is 274 g/mol. The van der Waals surface area contributed by atoms with E-state index < -0.39 is 4.92 Å². The molecule has 4 N–H and O–H groups in total. The molecule has 2 heterocycles. The van der Waals surface area contributed by atoms with Gasteiger partial charge in [0, 0.05) is 30.9 Å². The number of anilines is 2. The van der Waals surface area contributed by atoms with Gasteiger partial charge in [-0.2, -0.15) is 5.10 Å². The van der Waals surface area contributed by atoms with Gasteiger partial charge >= 0.3 is 5.69 Å². The molecule has 0 spiro atoms. The van der Waals surface area contributed by atoms with Crippen molar-refractivity contribution < 1.29 is 4.92 Å². The fourth-order valence-corrected chi connectivity index (χ4v) is 2.06. The van der Waals surface area contributed by atoms with Crippen LogP contribution in [0.5, 0.6) is 0 Å². The summed E-state index contributed by atoms with van der Waals surface area (Å²) in [6.07, 6.45) is 0. The van der Waals surface area contributed by atoms with Crippen LogP contribution in [0.3, 0.4) is 0 Å². The SMILES string of the molecule is Cc1nn(C)c(C)c1CNc1nc(NN)ccc1[N+](=O)[O-]. The van der Waals surface area contributed by atoms with E-state index in [1.807, 2.05) is 20.9 Å². The lowest BCUT2D eigenvalue weighted by atomic mass is 10.2. The van der Waals surface area contributed by atoms with E-state index in [1.54, 1.807) is 4.68 Å². The monoisotopic (exact) mass is 291 g/mol. The Kier molecular flexibility index (Phi) is 4.03. The van der Waals surface area contributed by atoms with Crippen LogP contribution in [0.25, 0.3) is 0 Å². The Morgan fingerprint density at radius 2 is 2.14 bits per heavy atom. The zero-order valence-corrected chi connectivity index (χ0v) is 12.0. The molecule has 2 rings (SSSR count). The molecule has 0 saturated carbocycles. The number of nitrogens with two attached hydrogens (primary N) is 1. The lowest BCUT2D eigenvalue weighted by Gasteiger charge is -2.08. The van der Waals surface area contributed by atoms with E-state index in [9.17, 15) is 10.1 Å². The van der Waals surface area contributed by atoms with Crippen molar-refractivity contribution >= 4 is 17.3 Å². The second kappa shape index (κ2) is 5.75. The minimum atomic E-state index is -0.488. The number of hydrazine groups is 1. The number of nitrogens with zero attached hydrogens (tertiary/aromatic N) is 4. The summed E-state index contributed by atoms with van der Waals surface area (Å²) in [7, 11) is 1.85. The Hall–Kier alpha value is -2.68. The zero-order chi connectivity index (χ0) is 15.6. The third-order valence-corrected chi connectivity index (χ3v) is 3.31. The van der Waals surface area contributed by atoms with Crippen LogP contribution >= 0.6 is 0 Å². The summed E-state index contributed by atoms with van der Waals surface area (Å²) in [5.74, 6) is 5.79. The zero-order valence-electron chi connectivity index (χ0n) is 12.0. The summed E-state index contributed by atoms with van der Waals surface area (Å²) in [5, 5.41) is 18.3. The highest BCUT2D eigenvalue weighted by Crippen LogP contribution is 2.25. The fraction of sp³-hybridized carbons (Fsp3) is 0.333. The molecule has 21 heavy (non-hydrogen) atoms. The Bertz CT molecular complexity index is 680. The maximum Gasteiger partial charge on any atom is 0.311 e. The summed E-state index contributed by atoms with van der Waals surface area (Å²) in [5.41, 5.74) is 5.12. The molecule has 0 saturated heterocycles. The van der Waals surface area contributed by atoms with E-state index in [0.29, 0.717) is 12.4 Å². The van der Waals surface area contributed by atoms with E-state index in [4.69, 9.17) is 5.84 Å². The first-order valence-electron chi connectivity index (χ1n) is 6.29. The summed E-state index contributed by atoms with van der Waals surface area (Å²) >= 11 is 0. The van der Waals surface area contributed by atoms with Gasteiger partial charge in [0.1, 0.15) is 5.82 Å². The number of nitrogen functional groups attached to an aromatic ring is 1. The first-order valence-corrected chi connectivity index (χ1v) is 6.29.